The van der Waals surface area contributed by atoms with Gasteiger partial charge in [0.2, 0.25) is 0 Å². The molecule has 0 radical (unpaired) electrons. The summed E-state index contributed by atoms with van der Waals surface area (Å²) >= 11 is 0. The van der Waals surface area contributed by atoms with Gasteiger partial charge in [0.15, 0.2) is 0 Å². The Morgan fingerprint density at radius 1 is 1.38 bits per heavy atom. The van der Waals surface area contributed by atoms with Crippen molar-refractivity contribution in [1.82, 2.24) is 4.90 Å². The van der Waals surface area contributed by atoms with Crippen LogP contribution in [0.5, 0.6) is 0 Å². The Morgan fingerprint density at radius 3 is 2.56 bits per heavy atom. The Bertz CT molecular complexity index is 442. The highest BCUT2D eigenvalue weighted by Crippen LogP contribution is 2.19. The second kappa shape index (κ2) is 3.83. The first kappa shape index (κ1) is 11.0. The van der Waals surface area contributed by atoms with Crippen LogP contribution in [0.15, 0.2) is 12.1 Å². The third-order valence-corrected chi connectivity index (χ3v) is 2.63. The van der Waals surface area contributed by atoms with Crippen LogP contribution in [-0.4, -0.2) is 35.1 Å². The minimum absolute atomic E-state index is 0.147. The van der Waals surface area contributed by atoms with Crippen LogP contribution in [-0.2, 0) is 0 Å². The van der Waals surface area contributed by atoms with Crippen LogP contribution in [0.3, 0.4) is 0 Å². The number of aryl methyl sites for hydroxylation is 1. The third kappa shape index (κ3) is 1.78. The number of β-amino-alcohol motifs (C(OH)–C–C–N with tert-alkyl or cyclic N) is 1. The lowest BCUT2D eigenvalue weighted by atomic mass is 10.1. The van der Waals surface area contributed by atoms with E-state index in [1.54, 1.807) is 0 Å². The van der Waals surface area contributed by atoms with E-state index in [1.165, 1.54) is 17.9 Å². The minimum atomic E-state index is -0.866. The zero-order valence-electron chi connectivity index (χ0n) is 8.70. The molecule has 1 heterocycles. The summed E-state index contributed by atoms with van der Waals surface area (Å²) in [4.78, 5) is 13.0. The number of aliphatic hydroxyl groups excluding tert-OH is 1. The van der Waals surface area contributed by atoms with Gasteiger partial charge >= 0.3 is 0 Å². The molecule has 1 aliphatic heterocycles. The number of nitrogens with zero attached hydrogens (tertiary/aromatic N) is 1. The first-order valence-electron chi connectivity index (χ1n) is 4.92. The van der Waals surface area contributed by atoms with Crippen molar-refractivity contribution in [3.63, 3.8) is 0 Å². The number of carbonyl (C=O) groups is 1. The molecule has 5 heteroatoms. The lowest BCUT2D eigenvalue weighted by molar-refractivity contribution is 0.00557. The highest BCUT2D eigenvalue weighted by atomic mass is 19.1. The molecule has 0 aromatic heterocycles. The van der Waals surface area contributed by atoms with Crippen molar-refractivity contribution in [3.05, 3.63) is 34.9 Å². The fraction of sp³-hybridized carbons (Fsp3) is 0.364. The average molecular weight is 227 g/mol. The molecule has 1 saturated heterocycles. The summed E-state index contributed by atoms with van der Waals surface area (Å²) in [5, 5.41) is 9.03. The maximum atomic E-state index is 13.3. The van der Waals surface area contributed by atoms with Gasteiger partial charge in [0.1, 0.15) is 11.6 Å². The number of carbonyl (C=O) groups excluding carboxylic acids is 1. The number of aliphatic hydroxyl groups is 1. The molecule has 0 bridgehead atoms. The molecule has 86 valence electrons. The van der Waals surface area contributed by atoms with Crippen LogP contribution in [0, 0.1) is 18.6 Å². The Hall–Kier alpha value is -1.49. The highest BCUT2D eigenvalue weighted by Gasteiger charge is 2.31. The molecule has 1 N–H and O–H groups in total. The fourth-order valence-corrected chi connectivity index (χ4v) is 1.61. The van der Waals surface area contributed by atoms with E-state index >= 15 is 0 Å². The zero-order chi connectivity index (χ0) is 11.9. The standard InChI is InChI=1S/C11H11F2NO2/c1-6-2-8(10(13)3-9(6)12)11(16)14-4-7(15)5-14/h2-3,7,15H,4-5H2,1H3. The Labute approximate surface area is 91.3 Å². The van der Waals surface area contributed by atoms with Crippen LogP contribution in [0.4, 0.5) is 8.78 Å². The number of hydrogen-bond acceptors (Lipinski definition) is 2. The van der Waals surface area contributed by atoms with Crippen molar-refractivity contribution in [2.75, 3.05) is 13.1 Å². The molecule has 1 aromatic rings. The fourth-order valence-electron chi connectivity index (χ4n) is 1.61. The summed E-state index contributed by atoms with van der Waals surface area (Å²) < 4.78 is 26.3. The molecule has 0 aliphatic carbocycles. The van der Waals surface area contributed by atoms with Crippen LogP contribution in [0.25, 0.3) is 0 Å². The molecule has 0 saturated carbocycles. The Balaban J connectivity index is 2.27. The van der Waals surface area contributed by atoms with E-state index in [2.05, 4.69) is 0 Å². The number of hydrogen-bond donors (Lipinski definition) is 1. The normalized spacial score (nSPS) is 16.1. The SMILES string of the molecule is Cc1cc(C(=O)N2CC(O)C2)c(F)cc1F. The van der Waals surface area contributed by atoms with Crippen LogP contribution in [0.2, 0.25) is 0 Å². The van der Waals surface area contributed by atoms with E-state index in [-0.39, 0.29) is 24.2 Å². The first-order chi connectivity index (χ1) is 7.49. The van der Waals surface area contributed by atoms with Gasteiger partial charge in [-0.05, 0) is 18.6 Å². The lowest BCUT2D eigenvalue weighted by Gasteiger charge is -2.35. The summed E-state index contributed by atoms with van der Waals surface area (Å²) in [7, 11) is 0. The van der Waals surface area contributed by atoms with Crippen molar-refractivity contribution in [1.29, 1.82) is 0 Å². The Kier molecular flexibility index (Phi) is 2.63. The molecule has 0 unspecified atom stereocenters. The summed E-state index contributed by atoms with van der Waals surface area (Å²) in [6.45, 7) is 1.87. The molecule has 1 aliphatic rings. The second-order valence-corrected chi connectivity index (χ2v) is 3.95. The van der Waals surface area contributed by atoms with Gasteiger partial charge in [-0.1, -0.05) is 0 Å². The summed E-state index contributed by atoms with van der Waals surface area (Å²) in [5.74, 6) is -2.04. The van der Waals surface area contributed by atoms with Crippen molar-refractivity contribution in [2.24, 2.45) is 0 Å². The quantitative estimate of drug-likeness (QED) is 0.780. The van der Waals surface area contributed by atoms with Crippen LogP contribution in [0.1, 0.15) is 15.9 Å². The van der Waals surface area contributed by atoms with Crippen molar-refractivity contribution in [3.8, 4) is 0 Å². The topological polar surface area (TPSA) is 40.5 Å². The Morgan fingerprint density at radius 2 is 2.00 bits per heavy atom. The molecular formula is C11H11F2NO2. The maximum Gasteiger partial charge on any atom is 0.257 e. The van der Waals surface area contributed by atoms with Gasteiger partial charge in [0.05, 0.1) is 11.7 Å². The number of amides is 1. The van der Waals surface area contributed by atoms with Gasteiger partial charge in [-0.3, -0.25) is 4.79 Å². The van der Waals surface area contributed by atoms with Gasteiger partial charge < -0.3 is 10.0 Å². The van der Waals surface area contributed by atoms with Crippen LogP contribution < -0.4 is 0 Å². The number of benzene rings is 1. The first-order valence-corrected chi connectivity index (χ1v) is 4.92. The molecule has 2 rings (SSSR count). The number of halogens is 2. The van der Waals surface area contributed by atoms with Gasteiger partial charge in [0.25, 0.3) is 5.91 Å². The zero-order valence-corrected chi connectivity index (χ0v) is 8.70. The van der Waals surface area contributed by atoms with E-state index in [9.17, 15) is 13.6 Å². The highest BCUT2D eigenvalue weighted by molar-refractivity contribution is 5.95. The predicted molar refractivity (Wildman–Crippen MR) is 53.0 cm³/mol. The average Bonchev–Trinajstić information content (AvgIpc) is 2.18. The van der Waals surface area contributed by atoms with E-state index in [0.29, 0.717) is 6.07 Å². The maximum absolute atomic E-state index is 13.3. The van der Waals surface area contributed by atoms with E-state index < -0.39 is 23.6 Å². The molecule has 0 spiro atoms. The van der Waals surface area contributed by atoms with Gasteiger partial charge in [0, 0.05) is 19.2 Å². The van der Waals surface area contributed by atoms with Crippen LogP contribution >= 0.6 is 0 Å². The van der Waals surface area contributed by atoms with Crippen molar-refractivity contribution < 1.29 is 18.7 Å². The number of likely N-dealkylation sites (tertiary alicyclic amines) is 1. The van der Waals surface area contributed by atoms with E-state index in [4.69, 9.17) is 5.11 Å². The molecule has 0 atom stereocenters. The molecule has 1 amide bonds. The minimum Gasteiger partial charge on any atom is -0.389 e. The smallest absolute Gasteiger partial charge is 0.257 e. The van der Waals surface area contributed by atoms with Gasteiger partial charge in [-0.25, -0.2) is 8.78 Å². The second-order valence-electron chi connectivity index (χ2n) is 3.95. The van der Waals surface area contributed by atoms with Gasteiger partial charge in [-0.15, -0.1) is 0 Å². The molecule has 16 heavy (non-hydrogen) atoms. The summed E-state index contributed by atoms with van der Waals surface area (Å²) in [6.07, 6.45) is -0.534. The van der Waals surface area contributed by atoms with E-state index in [0.717, 1.165) is 0 Å². The predicted octanol–water partition coefficient (Wildman–Crippen LogP) is 1.09. The van der Waals surface area contributed by atoms with Gasteiger partial charge in [-0.2, -0.15) is 0 Å². The largest absolute Gasteiger partial charge is 0.389 e. The summed E-state index contributed by atoms with van der Waals surface area (Å²) in [5.41, 5.74) is 0.0802. The molecule has 3 nitrogen and oxygen atoms in total. The molecule has 1 fully saturated rings. The van der Waals surface area contributed by atoms with E-state index in [1.807, 2.05) is 0 Å². The number of rotatable bonds is 1. The lowest BCUT2D eigenvalue weighted by Crippen LogP contribution is -2.53. The van der Waals surface area contributed by atoms with Crippen molar-refractivity contribution in [2.45, 2.75) is 13.0 Å². The van der Waals surface area contributed by atoms with Crippen molar-refractivity contribution >= 4 is 5.91 Å². The monoisotopic (exact) mass is 227 g/mol. The summed E-state index contributed by atoms with van der Waals surface area (Å²) in [6, 6.07) is 1.90. The third-order valence-electron chi connectivity index (χ3n) is 2.63. The molecule has 1 aromatic carbocycles. The molecular weight excluding hydrogens is 216 g/mol.